The van der Waals surface area contributed by atoms with Crippen LogP contribution in [0.4, 0.5) is 0 Å². The third kappa shape index (κ3) is 1.84. The molecule has 1 nitrogen and oxygen atoms in total. The summed E-state index contributed by atoms with van der Waals surface area (Å²) in [6.45, 7) is 6.85. The van der Waals surface area contributed by atoms with E-state index in [1.165, 1.54) is 13.0 Å². The average molecular weight is 138 g/mol. The van der Waals surface area contributed by atoms with Crippen LogP contribution in [-0.4, -0.2) is 24.0 Å². The van der Waals surface area contributed by atoms with Gasteiger partial charge in [-0.1, -0.05) is 13.0 Å². The first-order chi connectivity index (χ1) is 4.84. The van der Waals surface area contributed by atoms with Gasteiger partial charge in [-0.25, -0.2) is 0 Å². The summed E-state index contributed by atoms with van der Waals surface area (Å²) in [6.07, 6.45) is 7.78. The van der Waals surface area contributed by atoms with E-state index < -0.39 is 0 Å². The normalized spacial score (nSPS) is 27.2. The molecule has 0 saturated carbocycles. The van der Waals surface area contributed by atoms with Gasteiger partial charge < -0.3 is 0 Å². The van der Waals surface area contributed by atoms with Crippen molar-refractivity contribution >= 4 is 0 Å². The zero-order chi connectivity index (χ0) is 7.40. The highest BCUT2D eigenvalue weighted by atomic mass is 15.1. The molecule has 57 valence electrons. The molecule has 0 aromatic rings. The molecule has 0 spiro atoms. The first-order valence-corrected chi connectivity index (χ1v) is 4.13. The third-order valence-corrected chi connectivity index (χ3v) is 2.02. The lowest BCUT2D eigenvalue weighted by Crippen LogP contribution is -2.35. The molecule has 0 N–H and O–H groups in total. The van der Waals surface area contributed by atoms with Crippen LogP contribution in [0.1, 0.15) is 26.7 Å². The summed E-state index contributed by atoms with van der Waals surface area (Å²) in [5.41, 5.74) is 0. The van der Waals surface area contributed by atoms with Crippen LogP contribution in [0.2, 0.25) is 0 Å². The van der Waals surface area contributed by atoms with Gasteiger partial charge in [0.25, 0.3) is 0 Å². The van der Waals surface area contributed by atoms with Crippen LogP contribution in [0.5, 0.6) is 0 Å². The van der Waals surface area contributed by atoms with Gasteiger partial charge in [0.05, 0.1) is 0 Å². The Balaban J connectivity index is 2.35. The van der Waals surface area contributed by atoms with Gasteiger partial charge in [0.1, 0.15) is 0 Å². The van der Waals surface area contributed by atoms with Gasteiger partial charge in [-0.2, -0.15) is 0 Å². The minimum atomic E-state index is 0.713. The van der Waals surface area contributed by atoms with Crippen LogP contribution in [0, 0.1) is 6.08 Å². The summed E-state index contributed by atoms with van der Waals surface area (Å²) < 4.78 is 0. The molecule has 0 aromatic heterocycles. The standard InChI is InChI=1S/C9H16N/c1-3-7-10-8-5-4-6-9(10)2/h5,9H,3,6-8H2,1-2H3. The van der Waals surface area contributed by atoms with Gasteiger partial charge in [-0.3, -0.25) is 4.90 Å². The Morgan fingerprint density at radius 1 is 1.70 bits per heavy atom. The van der Waals surface area contributed by atoms with Gasteiger partial charge in [0.15, 0.2) is 0 Å². The van der Waals surface area contributed by atoms with Crippen molar-refractivity contribution in [2.24, 2.45) is 0 Å². The second-order valence-corrected chi connectivity index (χ2v) is 2.96. The van der Waals surface area contributed by atoms with E-state index in [4.69, 9.17) is 0 Å². The maximum atomic E-state index is 3.26. The molecule has 10 heavy (non-hydrogen) atoms. The van der Waals surface area contributed by atoms with Crippen molar-refractivity contribution in [1.29, 1.82) is 0 Å². The first-order valence-electron chi connectivity index (χ1n) is 4.13. The molecule has 0 amide bonds. The largest absolute Gasteiger partial charge is 0.297 e. The Labute approximate surface area is 63.7 Å². The molecular formula is C9H16N. The molecule has 1 heteroatoms. The van der Waals surface area contributed by atoms with Crippen LogP contribution in [-0.2, 0) is 0 Å². The van der Waals surface area contributed by atoms with Gasteiger partial charge in [-0.15, -0.1) is 0 Å². The fourth-order valence-corrected chi connectivity index (χ4v) is 1.34. The highest BCUT2D eigenvalue weighted by Crippen LogP contribution is 2.09. The van der Waals surface area contributed by atoms with Crippen molar-refractivity contribution in [3.05, 3.63) is 12.2 Å². The van der Waals surface area contributed by atoms with Crippen molar-refractivity contribution in [1.82, 2.24) is 4.90 Å². The maximum Gasteiger partial charge on any atom is 0.0171 e. The zero-order valence-electron chi connectivity index (χ0n) is 6.93. The Hall–Kier alpha value is -0.300. The second kappa shape index (κ2) is 3.77. The van der Waals surface area contributed by atoms with Gasteiger partial charge in [0, 0.05) is 12.6 Å². The fraction of sp³-hybridized carbons (Fsp3) is 0.778. The summed E-state index contributed by atoms with van der Waals surface area (Å²) >= 11 is 0. The predicted octanol–water partition coefficient (Wildman–Crippen LogP) is 1.85. The van der Waals surface area contributed by atoms with Crippen molar-refractivity contribution < 1.29 is 0 Å². The molecular weight excluding hydrogens is 122 g/mol. The fourth-order valence-electron chi connectivity index (χ4n) is 1.34. The second-order valence-electron chi connectivity index (χ2n) is 2.96. The Morgan fingerprint density at radius 2 is 2.50 bits per heavy atom. The van der Waals surface area contributed by atoms with Crippen molar-refractivity contribution in [2.45, 2.75) is 32.7 Å². The lowest BCUT2D eigenvalue weighted by Gasteiger charge is -2.29. The number of rotatable bonds is 2. The molecule has 0 fully saturated rings. The molecule has 1 atom stereocenters. The minimum Gasteiger partial charge on any atom is -0.297 e. The molecule has 1 rings (SSSR count). The number of nitrogens with zero attached hydrogens (tertiary/aromatic N) is 1. The molecule has 1 radical (unpaired) electrons. The van der Waals surface area contributed by atoms with Gasteiger partial charge in [-0.05, 0) is 32.4 Å². The zero-order valence-corrected chi connectivity index (χ0v) is 6.93. The maximum absolute atomic E-state index is 3.26. The predicted molar refractivity (Wildman–Crippen MR) is 43.8 cm³/mol. The Kier molecular flexibility index (Phi) is 2.94. The number of hydrogen-bond donors (Lipinski definition) is 0. The molecule has 0 aromatic carbocycles. The summed E-state index contributed by atoms with van der Waals surface area (Å²) in [7, 11) is 0. The van der Waals surface area contributed by atoms with Crippen LogP contribution in [0.3, 0.4) is 0 Å². The summed E-state index contributed by atoms with van der Waals surface area (Å²) in [5, 5.41) is 0. The summed E-state index contributed by atoms with van der Waals surface area (Å²) in [6, 6.07) is 0.713. The van der Waals surface area contributed by atoms with Gasteiger partial charge >= 0.3 is 0 Å². The van der Waals surface area contributed by atoms with E-state index >= 15 is 0 Å². The molecule has 1 unspecified atom stereocenters. The summed E-state index contributed by atoms with van der Waals surface area (Å²) in [5.74, 6) is 0. The minimum absolute atomic E-state index is 0.713. The monoisotopic (exact) mass is 138 g/mol. The lowest BCUT2D eigenvalue weighted by molar-refractivity contribution is 0.221. The van der Waals surface area contributed by atoms with Crippen molar-refractivity contribution in [3.8, 4) is 0 Å². The molecule has 1 aliphatic rings. The van der Waals surface area contributed by atoms with Crippen LogP contribution in [0.25, 0.3) is 0 Å². The number of hydrogen-bond acceptors (Lipinski definition) is 1. The Morgan fingerprint density at radius 3 is 3.10 bits per heavy atom. The topological polar surface area (TPSA) is 3.24 Å². The summed E-state index contributed by atoms with van der Waals surface area (Å²) in [4.78, 5) is 2.50. The van der Waals surface area contributed by atoms with Gasteiger partial charge in [0.2, 0.25) is 0 Å². The quantitative estimate of drug-likeness (QED) is 0.563. The molecule has 1 heterocycles. The van der Waals surface area contributed by atoms with E-state index in [1.54, 1.807) is 0 Å². The van der Waals surface area contributed by atoms with Crippen LogP contribution < -0.4 is 0 Å². The van der Waals surface area contributed by atoms with Crippen LogP contribution >= 0.6 is 0 Å². The van der Waals surface area contributed by atoms with E-state index in [1.807, 2.05) is 0 Å². The highest BCUT2D eigenvalue weighted by molar-refractivity contribution is 4.88. The van der Waals surface area contributed by atoms with Crippen molar-refractivity contribution in [2.75, 3.05) is 13.1 Å². The first kappa shape index (κ1) is 7.80. The highest BCUT2D eigenvalue weighted by Gasteiger charge is 2.12. The third-order valence-electron chi connectivity index (χ3n) is 2.02. The molecule has 0 aliphatic carbocycles. The van der Waals surface area contributed by atoms with E-state index in [0.29, 0.717) is 6.04 Å². The SMILES string of the molecule is CCCN1CC=[C]CC1C. The molecule has 0 saturated heterocycles. The Bertz CT molecular complexity index is 118. The van der Waals surface area contributed by atoms with Crippen molar-refractivity contribution in [3.63, 3.8) is 0 Å². The van der Waals surface area contributed by atoms with E-state index in [0.717, 1.165) is 13.0 Å². The van der Waals surface area contributed by atoms with E-state index in [2.05, 4.69) is 30.9 Å². The molecule has 1 aliphatic heterocycles. The average Bonchev–Trinajstić information content (AvgIpc) is 1.94. The molecule has 0 bridgehead atoms. The van der Waals surface area contributed by atoms with E-state index in [9.17, 15) is 0 Å². The smallest absolute Gasteiger partial charge is 0.0171 e. The van der Waals surface area contributed by atoms with Crippen LogP contribution in [0.15, 0.2) is 6.08 Å². The van der Waals surface area contributed by atoms with E-state index in [-0.39, 0.29) is 0 Å². The lowest BCUT2D eigenvalue weighted by atomic mass is 10.1.